The Morgan fingerprint density at radius 3 is 2.37 bits per heavy atom. The van der Waals surface area contributed by atoms with Gasteiger partial charge in [0.25, 0.3) is 5.91 Å². The van der Waals surface area contributed by atoms with Gasteiger partial charge in [0.15, 0.2) is 6.61 Å². The third-order valence-electron chi connectivity index (χ3n) is 9.06. The molecule has 0 saturated heterocycles. The molecule has 51 heavy (non-hydrogen) atoms. The molecule has 2 aliphatic rings. The van der Waals surface area contributed by atoms with E-state index in [4.69, 9.17) is 26.1 Å². The van der Waals surface area contributed by atoms with Gasteiger partial charge in [0, 0.05) is 50.0 Å². The van der Waals surface area contributed by atoms with Gasteiger partial charge < -0.3 is 30.3 Å². The molecule has 3 amide bonds. The molecule has 2 heterocycles. The highest BCUT2D eigenvalue weighted by Gasteiger charge is 2.31. The van der Waals surface area contributed by atoms with Gasteiger partial charge in [-0.3, -0.25) is 9.48 Å². The third kappa shape index (κ3) is 11.8. The smallest absolute Gasteiger partial charge is 0.410 e. The fourth-order valence-electron chi connectivity index (χ4n) is 6.20. The molecular weight excluding hydrogens is 672 g/mol. The standard InChI is InChI=1S/C37H51ClN8O5/c1-37(2,3)51-35(48)40-19-9-8-18-39-32(47)24-50-36(49)46(23-26-10-6-5-7-11-26)28-16-14-27(15-17-28)43-34-41-22-30(38)33(44-34)29-21-42-45(4)31(29)20-25-12-13-25/h5-7,10-11,21-22,25,27-28H,8-9,12-20,23-24H2,1-4H3,(H,39,47)(H,40,48)(H,41,43,44). The second-order valence-electron chi connectivity index (χ2n) is 14.5. The Kier molecular flexibility index (Phi) is 13.1. The van der Waals surface area contributed by atoms with Crippen LogP contribution in [0.2, 0.25) is 5.02 Å². The number of ether oxygens (including phenoxy) is 2. The summed E-state index contributed by atoms with van der Waals surface area (Å²) in [4.78, 5) is 48.7. The average Bonchev–Trinajstić information content (AvgIpc) is 3.85. The summed E-state index contributed by atoms with van der Waals surface area (Å²) in [6.07, 6.45) is 10.4. The van der Waals surface area contributed by atoms with E-state index in [1.807, 2.05) is 48.3 Å². The predicted octanol–water partition coefficient (Wildman–Crippen LogP) is 6.27. The van der Waals surface area contributed by atoms with E-state index in [1.54, 1.807) is 31.9 Å². The Bertz CT molecular complexity index is 1620. The van der Waals surface area contributed by atoms with Crippen molar-refractivity contribution >= 4 is 35.6 Å². The van der Waals surface area contributed by atoms with Crippen LogP contribution in [0.4, 0.5) is 15.5 Å². The molecule has 2 aromatic heterocycles. The maximum atomic E-state index is 13.4. The number of carbonyl (C=O) groups excluding carboxylic acids is 3. The molecular formula is C37H51ClN8O5. The van der Waals surface area contributed by atoms with E-state index in [9.17, 15) is 14.4 Å². The van der Waals surface area contributed by atoms with Crippen LogP contribution in [0, 0.1) is 5.92 Å². The van der Waals surface area contributed by atoms with Crippen LogP contribution in [0.25, 0.3) is 11.3 Å². The monoisotopic (exact) mass is 722 g/mol. The number of anilines is 1. The summed E-state index contributed by atoms with van der Waals surface area (Å²) in [6.45, 7) is 6.27. The molecule has 1 aromatic carbocycles. The minimum atomic E-state index is -0.554. The molecule has 2 fully saturated rings. The van der Waals surface area contributed by atoms with E-state index in [1.165, 1.54) is 12.8 Å². The first-order chi connectivity index (χ1) is 24.4. The fraction of sp³-hybridized carbons (Fsp3) is 0.568. The predicted molar refractivity (Wildman–Crippen MR) is 195 cm³/mol. The van der Waals surface area contributed by atoms with Crippen molar-refractivity contribution in [2.45, 2.75) is 103 Å². The zero-order valence-electron chi connectivity index (χ0n) is 30.1. The highest BCUT2D eigenvalue weighted by molar-refractivity contribution is 6.33. The first-order valence-electron chi connectivity index (χ1n) is 18.0. The molecule has 5 rings (SSSR count). The number of hydrogen-bond acceptors (Lipinski definition) is 9. The van der Waals surface area contributed by atoms with Gasteiger partial charge in [0.1, 0.15) is 5.60 Å². The summed E-state index contributed by atoms with van der Waals surface area (Å²) in [5.74, 6) is 0.843. The highest BCUT2D eigenvalue weighted by atomic mass is 35.5. The lowest BCUT2D eigenvalue weighted by atomic mass is 9.90. The molecule has 0 aliphatic heterocycles. The molecule has 3 N–H and O–H groups in total. The van der Waals surface area contributed by atoms with Gasteiger partial charge in [-0.1, -0.05) is 41.9 Å². The zero-order valence-corrected chi connectivity index (χ0v) is 30.9. The molecule has 0 atom stereocenters. The van der Waals surface area contributed by atoms with Crippen LogP contribution in [0.3, 0.4) is 0 Å². The number of amides is 3. The van der Waals surface area contributed by atoms with Crippen LogP contribution in [0.1, 0.15) is 83.4 Å². The van der Waals surface area contributed by atoms with Crippen molar-refractivity contribution in [3.63, 3.8) is 0 Å². The van der Waals surface area contributed by atoms with Gasteiger partial charge in [0.2, 0.25) is 5.95 Å². The normalized spacial score (nSPS) is 17.4. The summed E-state index contributed by atoms with van der Waals surface area (Å²) in [5, 5.41) is 14.0. The van der Waals surface area contributed by atoms with Gasteiger partial charge in [-0.25, -0.2) is 19.6 Å². The number of rotatable bonds is 15. The van der Waals surface area contributed by atoms with Gasteiger partial charge in [-0.2, -0.15) is 5.10 Å². The molecule has 3 aromatic rings. The third-order valence-corrected chi connectivity index (χ3v) is 9.34. The van der Waals surface area contributed by atoms with Crippen molar-refractivity contribution in [2.75, 3.05) is 25.0 Å². The van der Waals surface area contributed by atoms with E-state index in [-0.39, 0.29) is 24.6 Å². The Hall–Kier alpha value is -4.39. The second-order valence-corrected chi connectivity index (χ2v) is 14.9. The van der Waals surface area contributed by atoms with Crippen molar-refractivity contribution in [1.29, 1.82) is 0 Å². The number of nitrogens with one attached hydrogen (secondary N) is 3. The topological polar surface area (TPSA) is 153 Å². The maximum absolute atomic E-state index is 13.4. The van der Waals surface area contributed by atoms with Crippen LogP contribution in [-0.2, 0) is 34.3 Å². The number of unbranched alkanes of at least 4 members (excludes halogenated alkanes) is 1. The maximum Gasteiger partial charge on any atom is 0.410 e. The lowest BCUT2D eigenvalue weighted by Crippen LogP contribution is -2.44. The summed E-state index contributed by atoms with van der Waals surface area (Å²) in [5.41, 5.74) is 3.19. The van der Waals surface area contributed by atoms with Crippen molar-refractivity contribution in [3.8, 4) is 11.3 Å². The van der Waals surface area contributed by atoms with Crippen molar-refractivity contribution in [2.24, 2.45) is 13.0 Å². The van der Waals surface area contributed by atoms with Gasteiger partial charge in [-0.15, -0.1) is 0 Å². The number of nitrogens with zero attached hydrogens (tertiary/aromatic N) is 5. The Morgan fingerprint density at radius 2 is 1.69 bits per heavy atom. The molecule has 2 aliphatic carbocycles. The fourth-order valence-corrected chi connectivity index (χ4v) is 6.40. The van der Waals surface area contributed by atoms with E-state index in [2.05, 4.69) is 26.0 Å². The van der Waals surface area contributed by atoms with Crippen molar-refractivity contribution in [3.05, 3.63) is 59.0 Å². The molecule has 276 valence electrons. The molecule has 0 unspecified atom stereocenters. The quantitative estimate of drug-likeness (QED) is 0.154. The van der Waals surface area contributed by atoms with Crippen LogP contribution in [0.5, 0.6) is 0 Å². The van der Waals surface area contributed by atoms with Crippen molar-refractivity contribution in [1.82, 2.24) is 35.3 Å². The summed E-state index contributed by atoms with van der Waals surface area (Å²) in [7, 11) is 1.96. The van der Waals surface area contributed by atoms with Gasteiger partial charge in [0.05, 0.1) is 23.1 Å². The minimum absolute atomic E-state index is 0.0571. The van der Waals surface area contributed by atoms with E-state index in [0.29, 0.717) is 55.1 Å². The Morgan fingerprint density at radius 1 is 0.980 bits per heavy atom. The number of alkyl carbamates (subject to hydrolysis) is 1. The van der Waals surface area contributed by atoms with Gasteiger partial charge >= 0.3 is 12.2 Å². The van der Waals surface area contributed by atoms with E-state index in [0.717, 1.165) is 48.9 Å². The number of hydrogen-bond donors (Lipinski definition) is 3. The first-order valence-corrected chi connectivity index (χ1v) is 18.3. The summed E-state index contributed by atoms with van der Waals surface area (Å²) in [6, 6.07) is 9.84. The number of aromatic nitrogens is 4. The van der Waals surface area contributed by atoms with Gasteiger partial charge in [-0.05, 0) is 90.0 Å². The second kappa shape index (κ2) is 17.7. The number of halogens is 1. The number of aryl methyl sites for hydroxylation is 1. The van der Waals surface area contributed by atoms with E-state index >= 15 is 0 Å². The molecule has 14 heteroatoms. The van der Waals surface area contributed by atoms with Crippen LogP contribution in [0.15, 0.2) is 42.7 Å². The zero-order chi connectivity index (χ0) is 36.4. The largest absolute Gasteiger partial charge is 0.444 e. The van der Waals surface area contributed by atoms with E-state index < -0.39 is 17.8 Å². The minimum Gasteiger partial charge on any atom is -0.444 e. The Labute approximate surface area is 305 Å². The van der Waals surface area contributed by atoms with Crippen LogP contribution in [-0.4, -0.2) is 80.1 Å². The average molecular weight is 723 g/mol. The molecule has 0 spiro atoms. The molecule has 0 radical (unpaired) electrons. The first kappa shape index (κ1) is 37.9. The number of benzene rings is 1. The lowest BCUT2D eigenvalue weighted by Gasteiger charge is -2.36. The van der Waals surface area contributed by atoms with Crippen molar-refractivity contribution < 1.29 is 23.9 Å². The number of carbonyl (C=O) groups is 3. The summed E-state index contributed by atoms with van der Waals surface area (Å²) >= 11 is 6.59. The molecule has 2 saturated carbocycles. The van der Waals surface area contributed by atoms with Crippen LogP contribution >= 0.6 is 11.6 Å². The highest BCUT2D eigenvalue weighted by Crippen LogP contribution is 2.37. The molecule has 13 nitrogen and oxygen atoms in total. The molecule has 0 bridgehead atoms. The Balaban J connectivity index is 1.10. The lowest BCUT2D eigenvalue weighted by molar-refractivity contribution is -0.124. The van der Waals surface area contributed by atoms with Crippen LogP contribution < -0.4 is 16.0 Å². The summed E-state index contributed by atoms with van der Waals surface area (Å²) < 4.78 is 12.7. The SMILES string of the molecule is Cn1ncc(-c2nc(NC3CCC(N(Cc4ccccc4)C(=O)OCC(=O)NCCCCNC(=O)OC(C)(C)C)CC3)ncc2Cl)c1CC1CC1.